The molecule has 0 radical (unpaired) electrons. The molecule has 0 aliphatic heterocycles. The minimum Gasteiger partial charge on any atom is -0.337 e. The lowest BCUT2D eigenvalue weighted by Crippen LogP contribution is -2.29. The van der Waals surface area contributed by atoms with E-state index in [4.69, 9.17) is 0 Å². The molecule has 0 unspecified atom stereocenters. The Kier molecular flexibility index (Phi) is 4.68. The standard InChI is InChI=1S/C22H24N2O2/c1-22(2,3)18-11-9-15(10-12-18)21(26)24(4)14-17-13-16-7-5-6-8-19(16)23-20(17)25/h5-13H,14H2,1-4H3,(H,23,25). The summed E-state index contributed by atoms with van der Waals surface area (Å²) in [6, 6.07) is 17.2. The van der Waals surface area contributed by atoms with Gasteiger partial charge < -0.3 is 9.88 Å². The van der Waals surface area contributed by atoms with Gasteiger partial charge >= 0.3 is 0 Å². The second-order valence-corrected chi connectivity index (χ2v) is 7.70. The van der Waals surface area contributed by atoms with Gasteiger partial charge in [0.2, 0.25) is 0 Å². The molecule has 3 rings (SSSR count). The number of carbonyl (C=O) groups is 1. The summed E-state index contributed by atoms with van der Waals surface area (Å²) < 4.78 is 0. The molecule has 0 bridgehead atoms. The highest BCUT2D eigenvalue weighted by Gasteiger charge is 2.17. The van der Waals surface area contributed by atoms with E-state index in [2.05, 4.69) is 25.8 Å². The Hall–Kier alpha value is -2.88. The van der Waals surface area contributed by atoms with Gasteiger partial charge in [-0.3, -0.25) is 9.59 Å². The lowest BCUT2D eigenvalue weighted by molar-refractivity contribution is 0.0784. The van der Waals surface area contributed by atoms with Crippen molar-refractivity contribution >= 4 is 16.8 Å². The lowest BCUT2D eigenvalue weighted by atomic mass is 9.86. The van der Waals surface area contributed by atoms with Gasteiger partial charge in [-0.15, -0.1) is 0 Å². The van der Waals surface area contributed by atoms with Crippen LogP contribution >= 0.6 is 0 Å². The molecule has 3 aromatic rings. The van der Waals surface area contributed by atoms with Gasteiger partial charge in [-0.2, -0.15) is 0 Å². The van der Waals surface area contributed by atoms with E-state index in [-0.39, 0.29) is 23.4 Å². The summed E-state index contributed by atoms with van der Waals surface area (Å²) in [6.07, 6.45) is 0. The van der Waals surface area contributed by atoms with Crippen molar-refractivity contribution in [2.75, 3.05) is 7.05 Å². The number of amides is 1. The number of hydrogen-bond donors (Lipinski definition) is 1. The van der Waals surface area contributed by atoms with E-state index < -0.39 is 0 Å². The molecule has 0 atom stereocenters. The van der Waals surface area contributed by atoms with Gasteiger partial charge in [0.15, 0.2) is 0 Å². The van der Waals surface area contributed by atoms with Crippen molar-refractivity contribution in [1.29, 1.82) is 0 Å². The maximum Gasteiger partial charge on any atom is 0.253 e. The first-order chi connectivity index (χ1) is 12.3. The first kappa shape index (κ1) is 17.9. The number of aromatic amines is 1. The van der Waals surface area contributed by atoms with Crippen LogP contribution in [0, 0.1) is 0 Å². The summed E-state index contributed by atoms with van der Waals surface area (Å²) in [6.45, 7) is 6.69. The Bertz CT molecular complexity index is 995. The third kappa shape index (κ3) is 3.69. The molecule has 134 valence electrons. The van der Waals surface area contributed by atoms with E-state index in [9.17, 15) is 9.59 Å². The quantitative estimate of drug-likeness (QED) is 0.775. The Morgan fingerprint density at radius 2 is 1.69 bits per heavy atom. The molecule has 0 aliphatic rings. The van der Waals surface area contributed by atoms with E-state index in [0.29, 0.717) is 11.1 Å². The summed E-state index contributed by atoms with van der Waals surface area (Å²) in [7, 11) is 1.72. The molecule has 0 saturated carbocycles. The van der Waals surface area contributed by atoms with Gasteiger partial charge in [0.1, 0.15) is 0 Å². The average molecular weight is 348 g/mol. The van der Waals surface area contributed by atoms with Crippen molar-refractivity contribution in [3.63, 3.8) is 0 Å². The summed E-state index contributed by atoms with van der Waals surface area (Å²) in [4.78, 5) is 29.4. The summed E-state index contributed by atoms with van der Waals surface area (Å²) in [5.74, 6) is -0.0991. The molecule has 0 aliphatic carbocycles. The molecule has 2 aromatic carbocycles. The number of benzene rings is 2. The smallest absolute Gasteiger partial charge is 0.253 e. The van der Waals surface area contributed by atoms with E-state index >= 15 is 0 Å². The van der Waals surface area contributed by atoms with E-state index in [1.54, 1.807) is 11.9 Å². The van der Waals surface area contributed by atoms with Gasteiger partial charge in [-0.1, -0.05) is 51.1 Å². The van der Waals surface area contributed by atoms with E-state index in [1.165, 1.54) is 5.56 Å². The first-order valence-corrected chi connectivity index (χ1v) is 8.72. The zero-order valence-corrected chi connectivity index (χ0v) is 15.7. The van der Waals surface area contributed by atoms with Crippen molar-refractivity contribution in [2.24, 2.45) is 0 Å². The number of H-pyrrole nitrogens is 1. The molecule has 1 N–H and O–H groups in total. The van der Waals surface area contributed by atoms with Gasteiger partial charge in [-0.05, 0) is 40.6 Å². The molecule has 26 heavy (non-hydrogen) atoms. The van der Waals surface area contributed by atoms with Crippen LogP contribution in [-0.4, -0.2) is 22.8 Å². The van der Waals surface area contributed by atoms with Crippen LogP contribution in [0.2, 0.25) is 0 Å². The zero-order chi connectivity index (χ0) is 18.9. The number of pyridine rings is 1. The second kappa shape index (κ2) is 6.79. The van der Waals surface area contributed by atoms with Crippen LogP contribution in [-0.2, 0) is 12.0 Å². The van der Waals surface area contributed by atoms with Crippen molar-refractivity contribution in [3.8, 4) is 0 Å². The summed E-state index contributed by atoms with van der Waals surface area (Å²) >= 11 is 0. The number of rotatable bonds is 3. The highest BCUT2D eigenvalue weighted by molar-refractivity contribution is 5.94. The minimum atomic E-state index is -0.161. The number of nitrogens with one attached hydrogen (secondary N) is 1. The van der Waals surface area contributed by atoms with Gasteiger partial charge in [0.25, 0.3) is 11.5 Å². The Morgan fingerprint density at radius 3 is 2.35 bits per heavy atom. The van der Waals surface area contributed by atoms with Gasteiger partial charge in [-0.25, -0.2) is 0 Å². The number of carbonyl (C=O) groups excluding carboxylic acids is 1. The normalized spacial score (nSPS) is 11.5. The van der Waals surface area contributed by atoms with Crippen LogP contribution in [0.4, 0.5) is 0 Å². The van der Waals surface area contributed by atoms with E-state index in [0.717, 1.165) is 10.9 Å². The van der Waals surface area contributed by atoms with Crippen molar-refractivity contribution in [2.45, 2.75) is 32.7 Å². The van der Waals surface area contributed by atoms with Gasteiger partial charge in [0, 0.05) is 23.7 Å². The molecular formula is C22H24N2O2. The van der Waals surface area contributed by atoms with Crippen LogP contribution < -0.4 is 5.56 Å². The molecule has 4 nitrogen and oxygen atoms in total. The number of aromatic nitrogens is 1. The molecule has 0 saturated heterocycles. The van der Waals surface area contributed by atoms with E-state index in [1.807, 2.05) is 54.6 Å². The molecule has 1 heterocycles. The van der Waals surface area contributed by atoms with Crippen LogP contribution in [0.15, 0.2) is 59.4 Å². The van der Waals surface area contributed by atoms with Crippen LogP contribution in [0.3, 0.4) is 0 Å². The fraction of sp³-hybridized carbons (Fsp3) is 0.273. The third-order valence-electron chi connectivity index (χ3n) is 4.58. The van der Waals surface area contributed by atoms with Crippen LogP contribution in [0.25, 0.3) is 10.9 Å². The molecule has 1 amide bonds. The first-order valence-electron chi connectivity index (χ1n) is 8.72. The Morgan fingerprint density at radius 1 is 1.04 bits per heavy atom. The fourth-order valence-corrected chi connectivity index (χ4v) is 2.97. The fourth-order valence-electron chi connectivity index (χ4n) is 2.97. The van der Waals surface area contributed by atoms with Gasteiger partial charge in [0.05, 0.1) is 6.54 Å². The van der Waals surface area contributed by atoms with Crippen molar-refractivity contribution < 1.29 is 4.79 Å². The second-order valence-electron chi connectivity index (χ2n) is 7.70. The highest BCUT2D eigenvalue weighted by Crippen LogP contribution is 2.22. The highest BCUT2D eigenvalue weighted by atomic mass is 16.2. The maximum atomic E-state index is 12.7. The molecule has 0 spiro atoms. The Labute approximate surface area is 153 Å². The third-order valence-corrected chi connectivity index (χ3v) is 4.58. The van der Waals surface area contributed by atoms with Crippen LogP contribution in [0.5, 0.6) is 0 Å². The number of nitrogens with zero attached hydrogens (tertiary/aromatic N) is 1. The predicted octanol–water partition coefficient (Wildman–Crippen LogP) is 4.10. The number of fused-ring (bicyclic) bond motifs is 1. The lowest BCUT2D eigenvalue weighted by Gasteiger charge is -2.20. The number of hydrogen-bond acceptors (Lipinski definition) is 2. The van der Waals surface area contributed by atoms with Crippen molar-refractivity contribution in [3.05, 3.63) is 81.6 Å². The molecule has 0 fully saturated rings. The monoisotopic (exact) mass is 348 g/mol. The SMILES string of the molecule is CN(Cc1cc2ccccc2[nH]c1=O)C(=O)c1ccc(C(C)(C)C)cc1. The largest absolute Gasteiger partial charge is 0.337 e. The minimum absolute atomic E-state index is 0.0475. The average Bonchev–Trinajstić information content (AvgIpc) is 2.61. The molecule has 4 heteroatoms. The summed E-state index contributed by atoms with van der Waals surface area (Å²) in [5.41, 5.74) is 3.07. The Balaban J connectivity index is 1.81. The molecule has 1 aromatic heterocycles. The molecular weight excluding hydrogens is 324 g/mol. The topological polar surface area (TPSA) is 53.2 Å². The summed E-state index contributed by atoms with van der Waals surface area (Å²) in [5, 5.41) is 0.956. The van der Waals surface area contributed by atoms with Crippen LogP contribution in [0.1, 0.15) is 42.3 Å². The zero-order valence-electron chi connectivity index (χ0n) is 15.7. The number of para-hydroxylation sites is 1. The predicted molar refractivity (Wildman–Crippen MR) is 106 cm³/mol. The van der Waals surface area contributed by atoms with Crippen molar-refractivity contribution in [1.82, 2.24) is 9.88 Å². The maximum absolute atomic E-state index is 12.7.